The number of methoxy groups -OCH3 is 2. The van der Waals surface area contributed by atoms with Crippen LogP contribution in [0.5, 0.6) is 11.5 Å². The van der Waals surface area contributed by atoms with Gasteiger partial charge in [-0.2, -0.15) is 0 Å². The van der Waals surface area contributed by atoms with Crippen LogP contribution in [0.3, 0.4) is 0 Å². The van der Waals surface area contributed by atoms with Crippen LogP contribution in [-0.4, -0.2) is 48.2 Å². The Morgan fingerprint density at radius 1 is 0.900 bits per heavy atom. The SMILES string of the molecule is COc1cc(OC)cc(-c2cn3ccc(-c4nc5c(C)ncc(C)n5n4)nc3n2)c1. The fourth-order valence-corrected chi connectivity index (χ4v) is 3.29. The number of nitrogens with zero attached hydrogens (tertiary/aromatic N) is 7. The molecule has 0 saturated carbocycles. The second-order valence-corrected chi connectivity index (χ2v) is 6.90. The van der Waals surface area contributed by atoms with Crippen molar-refractivity contribution in [3.63, 3.8) is 0 Å². The Morgan fingerprint density at radius 3 is 2.33 bits per heavy atom. The van der Waals surface area contributed by atoms with Gasteiger partial charge in [0.2, 0.25) is 11.6 Å². The molecule has 4 heterocycles. The van der Waals surface area contributed by atoms with Crippen LogP contribution in [0.4, 0.5) is 0 Å². The molecular formula is C21H19N7O2. The predicted octanol–water partition coefficient (Wildman–Crippen LogP) is 3.14. The van der Waals surface area contributed by atoms with Gasteiger partial charge in [-0.15, -0.1) is 5.10 Å². The molecule has 5 aromatic rings. The zero-order valence-corrected chi connectivity index (χ0v) is 17.0. The largest absolute Gasteiger partial charge is 0.497 e. The van der Waals surface area contributed by atoms with E-state index in [1.807, 2.05) is 54.9 Å². The summed E-state index contributed by atoms with van der Waals surface area (Å²) in [6, 6.07) is 7.52. The Kier molecular flexibility index (Phi) is 4.09. The number of hydrogen-bond acceptors (Lipinski definition) is 7. The van der Waals surface area contributed by atoms with E-state index in [1.54, 1.807) is 24.9 Å². The molecular weight excluding hydrogens is 382 g/mol. The monoisotopic (exact) mass is 401 g/mol. The van der Waals surface area contributed by atoms with Gasteiger partial charge in [0, 0.05) is 30.2 Å². The number of ether oxygens (including phenoxy) is 2. The summed E-state index contributed by atoms with van der Waals surface area (Å²) in [5.74, 6) is 2.48. The molecule has 0 N–H and O–H groups in total. The molecule has 30 heavy (non-hydrogen) atoms. The third-order valence-electron chi connectivity index (χ3n) is 4.91. The van der Waals surface area contributed by atoms with Crippen LogP contribution in [0, 0.1) is 13.8 Å². The Hall–Kier alpha value is -4.01. The van der Waals surface area contributed by atoms with Crippen LogP contribution >= 0.6 is 0 Å². The van der Waals surface area contributed by atoms with Crippen LogP contribution in [0.2, 0.25) is 0 Å². The van der Waals surface area contributed by atoms with E-state index in [9.17, 15) is 0 Å². The lowest BCUT2D eigenvalue weighted by molar-refractivity contribution is 0.394. The minimum atomic E-state index is 0.532. The molecule has 0 atom stereocenters. The lowest BCUT2D eigenvalue weighted by Crippen LogP contribution is -1.97. The molecule has 0 bridgehead atoms. The molecule has 0 fully saturated rings. The number of aryl methyl sites for hydroxylation is 2. The Labute approximate surface area is 172 Å². The molecule has 0 aliphatic rings. The average Bonchev–Trinajstić information content (AvgIpc) is 3.41. The van der Waals surface area contributed by atoms with Gasteiger partial charge in [-0.25, -0.2) is 19.5 Å². The summed E-state index contributed by atoms with van der Waals surface area (Å²) >= 11 is 0. The second kappa shape index (κ2) is 6.80. The smallest absolute Gasteiger partial charge is 0.234 e. The van der Waals surface area contributed by atoms with E-state index in [-0.39, 0.29) is 0 Å². The van der Waals surface area contributed by atoms with E-state index in [4.69, 9.17) is 9.47 Å². The van der Waals surface area contributed by atoms with Crippen LogP contribution in [0.25, 0.3) is 34.2 Å². The van der Waals surface area contributed by atoms with E-state index in [0.717, 1.165) is 28.3 Å². The minimum absolute atomic E-state index is 0.532. The van der Waals surface area contributed by atoms with Crippen LogP contribution in [0.15, 0.2) is 42.9 Å². The van der Waals surface area contributed by atoms with E-state index >= 15 is 0 Å². The second-order valence-electron chi connectivity index (χ2n) is 6.90. The Bertz CT molecular complexity index is 1340. The first kappa shape index (κ1) is 18.0. The fraction of sp³-hybridized carbons (Fsp3) is 0.190. The van der Waals surface area contributed by atoms with Crippen molar-refractivity contribution in [1.82, 2.24) is 34.0 Å². The van der Waals surface area contributed by atoms with Crippen LogP contribution in [-0.2, 0) is 0 Å². The quantitative estimate of drug-likeness (QED) is 0.457. The summed E-state index contributed by atoms with van der Waals surface area (Å²) in [5.41, 5.74) is 4.72. The molecule has 0 saturated heterocycles. The maximum Gasteiger partial charge on any atom is 0.234 e. The van der Waals surface area contributed by atoms with Crippen LogP contribution < -0.4 is 9.47 Å². The highest BCUT2D eigenvalue weighted by molar-refractivity contribution is 5.66. The number of benzene rings is 1. The highest BCUT2D eigenvalue weighted by Gasteiger charge is 2.14. The summed E-state index contributed by atoms with van der Waals surface area (Å²) < 4.78 is 14.4. The summed E-state index contributed by atoms with van der Waals surface area (Å²) in [7, 11) is 3.24. The van der Waals surface area contributed by atoms with Crippen molar-refractivity contribution in [1.29, 1.82) is 0 Å². The van der Waals surface area contributed by atoms with Gasteiger partial charge < -0.3 is 9.47 Å². The van der Waals surface area contributed by atoms with Gasteiger partial charge in [-0.3, -0.25) is 9.38 Å². The third-order valence-corrected chi connectivity index (χ3v) is 4.91. The van der Waals surface area contributed by atoms with Gasteiger partial charge in [0.05, 0.1) is 31.3 Å². The molecule has 0 aliphatic carbocycles. The number of rotatable bonds is 4. The molecule has 0 radical (unpaired) electrons. The van der Waals surface area contributed by atoms with Gasteiger partial charge in [-0.05, 0) is 32.0 Å². The average molecular weight is 401 g/mol. The van der Waals surface area contributed by atoms with Gasteiger partial charge >= 0.3 is 0 Å². The van der Waals surface area contributed by atoms with E-state index in [1.165, 1.54) is 0 Å². The first-order valence-corrected chi connectivity index (χ1v) is 9.34. The number of hydrogen-bond donors (Lipinski definition) is 0. The molecule has 9 nitrogen and oxygen atoms in total. The summed E-state index contributed by atoms with van der Waals surface area (Å²) in [4.78, 5) is 18.3. The minimum Gasteiger partial charge on any atom is -0.497 e. The first-order valence-electron chi connectivity index (χ1n) is 9.34. The number of imidazole rings is 1. The highest BCUT2D eigenvalue weighted by Crippen LogP contribution is 2.29. The standard InChI is InChI=1S/C21H19N7O2/c1-12-10-22-13(2)20-25-19(26-28(12)20)17-5-6-27-11-18(24-21(27)23-17)14-7-15(29-3)9-16(8-14)30-4/h5-11H,1-4H3. The molecule has 0 amide bonds. The highest BCUT2D eigenvalue weighted by atomic mass is 16.5. The van der Waals surface area contributed by atoms with Gasteiger partial charge in [0.1, 0.15) is 17.2 Å². The molecule has 0 unspecified atom stereocenters. The molecule has 9 heteroatoms. The maximum absolute atomic E-state index is 5.36. The summed E-state index contributed by atoms with van der Waals surface area (Å²) in [5, 5.41) is 4.59. The van der Waals surface area contributed by atoms with Crippen LogP contribution in [0.1, 0.15) is 11.4 Å². The normalized spacial score (nSPS) is 11.3. The van der Waals surface area contributed by atoms with E-state index in [0.29, 0.717) is 28.8 Å². The van der Waals surface area contributed by atoms with E-state index in [2.05, 4.69) is 25.0 Å². The van der Waals surface area contributed by atoms with Crippen molar-refractivity contribution in [2.45, 2.75) is 13.8 Å². The lowest BCUT2D eigenvalue weighted by Gasteiger charge is -2.06. The Balaban J connectivity index is 1.60. The third kappa shape index (κ3) is 2.91. The molecule has 0 aliphatic heterocycles. The van der Waals surface area contributed by atoms with Crippen molar-refractivity contribution in [3.8, 4) is 34.3 Å². The van der Waals surface area contributed by atoms with Gasteiger partial charge in [-0.1, -0.05) is 0 Å². The molecule has 1 aromatic carbocycles. The molecule has 4 aromatic heterocycles. The first-order chi connectivity index (χ1) is 14.6. The predicted molar refractivity (Wildman–Crippen MR) is 111 cm³/mol. The maximum atomic E-state index is 5.36. The summed E-state index contributed by atoms with van der Waals surface area (Å²) in [6.45, 7) is 3.85. The zero-order chi connectivity index (χ0) is 20.8. The molecule has 5 rings (SSSR count). The van der Waals surface area contributed by atoms with Crippen molar-refractivity contribution < 1.29 is 9.47 Å². The Morgan fingerprint density at radius 2 is 1.63 bits per heavy atom. The summed E-state index contributed by atoms with van der Waals surface area (Å²) in [6.07, 6.45) is 5.59. The van der Waals surface area contributed by atoms with Crippen molar-refractivity contribution in [2.75, 3.05) is 14.2 Å². The van der Waals surface area contributed by atoms with E-state index < -0.39 is 0 Å². The fourth-order valence-electron chi connectivity index (χ4n) is 3.29. The van der Waals surface area contributed by atoms with Crippen molar-refractivity contribution >= 4 is 11.4 Å². The topological polar surface area (TPSA) is 91.7 Å². The van der Waals surface area contributed by atoms with Gasteiger partial charge in [0.15, 0.2) is 5.65 Å². The molecule has 0 spiro atoms. The van der Waals surface area contributed by atoms with Crippen molar-refractivity contribution in [2.24, 2.45) is 0 Å². The number of fused-ring (bicyclic) bond motifs is 2. The lowest BCUT2D eigenvalue weighted by atomic mass is 10.1. The molecule has 150 valence electrons. The van der Waals surface area contributed by atoms with Gasteiger partial charge in [0.25, 0.3) is 0 Å². The zero-order valence-electron chi connectivity index (χ0n) is 17.0. The number of aromatic nitrogens is 7. The van der Waals surface area contributed by atoms with Crippen molar-refractivity contribution in [3.05, 3.63) is 54.2 Å².